The molecular weight excluding hydrogens is 202 g/mol. The van der Waals surface area contributed by atoms with Gasteiger partial charge >= 0.3 is 0 Å². The summed E-state index contributed by atoms with van der Waals surface area (Å²) in [6.45, 7) is 6.22. The zero-order chi connectivity index (χ0) is 12.0. The molecule has 0 aliphatic heterocycles. The standard InChI is InChI=1S/C13H19NO2/c1-10(2)16-13-6-4-12(5-7-13)8-9-14-11(3)15/h4-7,10H,8-9H2,1-3H3,(H,14,15). The average molecular weight is 221 g/mol. The molecule has 0 bridgehead atoms. The van der Waals surface area contributed by atoms with Gasteiger partial charge in [-0.05, 0) is 38.0 Å². The smallest absolute Gasteiger partial charge is 0.216 e. The van der Waals surface area contributed by atoms with E-state index in [4.69, 9.17) is 4.74 Å². The van der Waals surface area contributed by atoms with Crippen molar-refractivity contribution in [2.24, 2.45) is 0 Å². The molecule has 0 fully saturated rings. The number of carbonyl (C=O) groups is 1. The number of ether oxygens (including phenoxy) is 1. The lowest BCUT2D eigenvalue weighted by atomic mass is 10.1. The van der Waals surface area contributed by atoms with Gasteiger partial charge in [-0.3, -0.25) is 4.79 Å². The average Bonchev–Trinajstić information content (AvgIpc) is 2.19. The van der Waals surface area contributed by atoms with Crippen LogP contribution in [-0.2, 0) is 11.2 Å². The summed E-state index contributed by atoms with van der Waals surface area (Å²) in [6, 6.07) is 7.98. The molecular formula is C13H19NO2. The number of amides is 1. The third kappa shape index (κ3) is 4.82. The Morgan fingerprint density at radius 2 is 1.94 bits per heavy atom. The molecule has 16 heavy (non-hydrogen) atoms. The molecule has 0 spiro atoms. The van der Waals surface area contributed by atoms with Gasteiger partial charge in [0.15, 0.2) is 0 Å². The molecule has 0 saturated carbocycles. The lowest BCUT2D eigenvalue weighted by Gasteiger charge is -2.10. The van der Waals surface area contributed by atoms with E-state index in [1.165, 1.54) is 12.5 Å². The van der Waals surface area contributed by atoms with Gasteiger partial charge in [0.25, 0.3) is 0 Å². The first kappa shape index (κ1) is 12.6. The zero-order valence-electron chi connectivity index (χ0n) is 10.1. The maximum absolute atomic E-state index is 10.7. The Hall–Kier alpha value is -1.51. The Morgan fingerprint density at radius 1 is 1.31 bits per heavy atom. The highest BCUT2D eigenvalue weighted by atomic mass is 16.5. The molecule has 3 nitrogen and oxygen atoms in total. The summed E-state index contributed by atoms with van der Waals surface area (Å²) in [7, 11) is 0. The summed E-state index contributed by atoms with van der Waals surface area (Å²) in [5.41, 5.74) is 1.20. The maximum atomic E-state index is 10.7. The highest BCUT2D eigenvalue weighted by Crippen LogP contribution is 2.13. The van der Waals surface area contributed by atoms with E-state index in [1.807, 2.05) is 38.1 Å². The molecule has 88 valence electrons. The van der Waals surface area contributed by atoms with Gasteiger partial charge in [-0.15, -0.1) is 0 Å². The molecule has 0 saturated heterocycles. The van der Waals surface area contributed by atoms with Gasteiger partial charge in [-0.25, -0.2) is 0 Å². The molecule has 0 heterocycles. The minimum atomic E-state index is 0.0137. The topological polar surface area (TPSA) is 38.3 Å². The summed E-state index contributed by atoms with van der Waals surface area (Å²) >= 11 is 0. The minimum absolute atomic E-state index is 0.0137. The molecule has 0 aliphatic carbocycles. The van der Waals surface area contributed by atoms with Crippen molar-refractivity contribution in [3.8, 4) is 5.75 Å². The van der Waals surface area contributed by atoms with Crippen molar-refractivity contribution >= 4 is 5.91 Å². The van der Waals surface area contributed by atoms with Crippen molar-refractivity contribution in [1.82, 2.24) is 5.32 Å². The Balaban J connectivity index is 2.42. The molecule has 0 radical (unpaired) electrons. The predicted octanol–water partition coefficient (Wildman–Crippen LogP) is 2.15. The molecule has 0 aromatic heterocycles. The number of rotatable bonds is 5. The second-order valence-electron chi connectivity index (χ2n) is 4.04. The van der Waals surface area contributed by atoms with Gasteiger partial charge in [0.2, 0.25) is 5.91 Å². The maximum Gasteiger partial charge on any atom is 0.216 e. The second-order valence-corrected chi connectivity index (χ2v) is 4.04. The van der Waals surface area contributed by atoms with Crippen molar-refractivity contribution < 1.29 is 9.53 Å². The van der Waals surface area contributed by atoms with E-state index in [0.717, 1.165) is 12.2 Å². The van der Waals surface area contributed by atoms with Crippen molar-refractivity contribution in [2.75, 3.05) is 6.54 Å². The van der Waals surface area contributed by atoms with E-state index in [1.54, 1.807) is 0 Å². The van der Waals surface area contributed by atoms with Crippen molar-refractivity contribution in [3.63, 3.8) is 0 Å². The predicted molar refractivity (Wildman–Crippen MR) is 64.6 cm³/mol. The van der Waals surface area contributed by atoms with Crippen molar-refractivity contribution in [3.05, 3.63) is 29.8 Å². The van der Waals surface area contributed by atoms with E-state index in [9.17, 15) is 4.79 Å². The number of hydrogen-bond donors (Lipinski definition) is 1. The molecule has 1 N–H and O–H groups in total. The van der Waals surface area contributed by atoms with Crippen molar-refractivity contribution in [1.29, 1.82) is 0 Å². The van der Waals surface area contributed by atoms with Crippen LogP contribution >= 0.6 is 0 Å². The first-order valence-corrected chi connectivity index (χ1v) is 5.58. The van der Waals surface area contributed by atoms with Crippen LogP contribution in [0.15, 0.2) is 24.3 Å². The summed E-state index contributed by atoms with van der Waals surface area (Å²) < 4.78 is 5.54. The zero-order valence-corrected chi connectivity index (χ0v) is 10.1. The van der Waals surface area contributed by atoms with Gasteiger partial charge in [-0.2, -0.15) is 0 Å². The monoisotopic (exact) mass is 221 g/mol. The molecule has 1 aromatic carbocycles. The van der Waals surface area contributed by atoms with Crippen LogP contribution in [0.5, 0.6) is 5.75 Å². The highest BCUT2D eigenvalue weighted by Gasteiger charge is 1.98. The Bertz CT molecular complexity index is 330. The summed E-state index contributed by atoms with van der Waals surface area (Å²) in [4.78, 5) is 10.7. The summed E-state index contributed by atoms with van der Waals surface area (Å²) in [5, 5.41) is 2.77. The molecule has 1 amide bonds. The lowest BCUT2D eigenvalue weighted by Crippen LogP contribution is -2.22. The van der Waals surface area contributed by atoms with E-state index in [2.05, 4.69) is 5.32 Å². The van der Waals surface area contributed by atoms with Crippen LogP contribution in [0.1, 0.15) is 26.3 Å². The van der Waals surface area contributed by atoms with Crippen LogP contribution in [-0.4, -0.2) is 18.6 Å². The summed E-state index contributed by atoms with van der Waals surface area (Å²) in [6.07, 6.45) is 1.05. The van der Waals surface area contributed by atoms with E-state index >= 15 is 0 Å². The van der Waals surface area contributed by atoms with Crippen LogP contribution in [0.4, 0.5) is 0 Å². The van der Waals surface area contributed by atoms with Crippen LogP contribution in [0, 0.1) is 0 Å². The number of carbonyl (C=O) groups excluding carboxylic acids is 1. The fourth-order valence-electron chi connectivity index (χ4n) is 1.39. The fourth-order valence-corrected chi connectivity index (χ4v) is 1.39. The third-order valence-electron chi connectivity index (χ3n) is 2.08. The molecule has 1 rings (SSSR count). The van der Waals surface area contributed by atoms with Gasteiger partial charge in [0, 0.05) is 13.5 Å². The fraction of sp³-hybridized carbons (Fsp3) is 0.462. The van der Waals surface area contributed by atoms with Crippen LogP contribution in [0.2, 0.25) is 0 Å². The van der Waals surface area contributed by atoms with Crippen LogP contribution < -0.4 is 10.1 Å². The van der Waals surface area contributed by atoms with Gasteiger partial charge in [-0.1, -0.05) is 12.1 Å². The Kier molecular flexibility index (Phi) is 4.83. The van der Waals surface area contributed by atoms with Gasteiger partial charge in [0.05, 0.1) is 6.10 Å². The third-order valence-corrected chi connectivity index (χ3v) is 2.08. The quantitative estimate of drug-likeness (QED) is 0.827. The van der Waals surface area contributed by atoms with E-state index in [-0.39, 0.29) is 12.0 Å². The largest absolute Gasteiger partial charge is 0.491 e. The normalized spacial score (nSPS) is 10.2. The van der Waals surface area contributed by atoms with E-state index < -0.39 is 0 Å². The molecule has 0 atom stereocenters. The van der Waals surface area contributed by atoms with Crippen molar-refractivity contribution in [2.45, 2.75) is 33.3 Å². The molecule has 0 unspecified atom stereocenters. The van der Waals surface area contributed by atoms with Gasteiger partial charge in [0.1, 0.15) is 5.75 Å². The minimum Gasteiger partial charge on any atom is -0.491 e. The Morgan fingerprint density at radius 3 is 2.44 bits per heavy atom. The Labute approximate surface area is 96.8 Å². The summed E-state index contributed by atoms with van der Waals surface area (Å²) in [5.74, 6) is 0.901. The number of benzene rings is 1. The molecule has 1 aromatic rings. The van der Waals surface area contributed by atoms with Crippen LogP contribution in [0.3, 0.4) is 0 Å². The highest BCUT2D eigenvalue weighted by molar-refractivity contribution is 5.72. The number of hydrogen-bond acceptors (Lipinski definition) is 2. The number of nitrogens with one attached hydrogen (secondary N) is 1. The van der Waals surface area contributed by atoms with Crippen LogP contribution in [0.25, 0.3) is 0 Å². The lowest BCUT2D eigenvalue weighted by molar-refractivity contribution is -0.118. The first-order valence-electron chi connectivity index (χ1n) is 5.58. The van der Waals surface area contributed by atoms with E-state index in [0.29, 0.717) is 6.54 Å². The SMILES string of the molecule is CC(=O)NCCc1ccc(OC(C)C)cc1. The molecule has 0 aliphatic rings. The first-order chi connectivity index (χ1) is 7.58. The second kappa shape index (κ2) is 6.16. The van der Waals surface area contributed by atoms with Gasteiger partial charge < -0.3 is 10.1 Å². The molecule has 3 heteroatoms.